The molecule has 0 aliphatic heterocycles. The van der Waals surface area contributed by atoms with E-state index in [0.29, 0.717) is 22.7 Å². The maximum atomic E-state index is 13.2. The molecule has 1 fully saturated rings. The predicted molar refractivity (Wildman–Crippen MR) is 117 cm³/mol. The second-order valence-corrected chi connectivity index (χ2v) is 8.24. The molecule has 9 nitrogen and oxygen atoms in total. The molecule has 178 valence electrons. The first-order chi connectivity index (χ1) is 16.9. The Kier molecular flexibility index (Phi) is 4.66. The Bertz CT molecular complexity index is 1580. The average Bonchev–Trinajstić information content (AvgIpc) is 3.29. The summed E-state index contributed by atoms with van der Waals surface area (Å²) >= 11 is 0. The SMILES string of the molecule is COc1ncc(-c2cc(C3C[C@@H]3c3ccn4c(C(F)(F)F)ncc4c3)c3nccn3n2)c(OC)n1. The van der Waals surface area contributed by atoms with Crippen LogP contribution in [-0.2, 0) is 6.18 Å². The Hall–Kier alpha value is -4.22. The monoisotopic (exact) mass is 481 g/mol. The molecule has 0 bridgehead atoms. The summed E-state index contributed by atoms with van der Waals surface area (Å²) in [5, 5.41) is 4.64. The van der Waals surface area contributed by atoms with Crippen LogP contribution < -0.4 is 9.47 Å². The van der Waals surface area contributed by atoms with Crippen molar-refractivity contribution in [1.29, 1.82) is 0 Å². The summed E-state index contributed by atoms with van der Waals surface area (Å²) in [6.45, 7) is 0. The third kappa shape index (κ3) is 3.52. The summed E-state index contributed by atoms with van der Waals surface area (Å²) in [4.78, 5) is 16.5. The Morgan fingerprint density at radius 2 is 1.86 bits per heavy atom. The molecule has 0 radical (unpaired) electrons. The lowest BCUT2D eigenvalue weighted by molar-refractivity contribution is -0.145. The Morgan fingerprint density at radius 1 is 1.00 bits per heavy atom. The highest BCUT2D eigenvalue weighted by Gasteiger charge is 2.42. The molecule has 1 aliphatic rings. The Morgan fingerprint density at radius 3 is 2.63 bits per heavy atom. The molecular weight excluding hydrogens is 463 g/mol. The Labute approximate surface area is 196 Å². The largest absolute Gasteiger partial charge is 0.480 e. The smallest absolute Gasteiger partial charge is 0.450 e. The number of imidazole rings is 2. The molecule has 0 saturated heterocycles. The van der Waals surface area contributed by atoms with Gasteiger partial charge in [-0.3, -0.25) is 4.40 Å². The molecular formula is C23H18F3N7O2. The number of alkyl halides is 3. The van der Waals surface area contributed by atoms with Gasteiger partial charge in [-0.25, -0.2) is 19.5 Å². The van der Waals surface area contributed by atoms with Crippen LogP contribution in [0.15, 0.2) is 49.2 Å². The van der Waals surface area contributed by atoms with Crippen LogP contribution in [0, 0.1) is 0 Å². The van der Waals surface area contributed by atoms with Crippen molar-refractivity contribution in [3.63, 3.8) is 0 Å². The van der Waals surface area contributed by atoms with Gasteiger partial charge in [-0.1, -0.05) is 0 Å². The van der Waals surface area contributed by atoms with Crippen molar-refractivity contribution in [2.75, 3.05) is 14.2 Å². The zero-order valence-corrected chi connectivity index (χ0v) is 18.6. The molecule has 0 amide bonds. The summed E-state index contributed by atoms with van der Waals surface area (Å²) < 4.78 is 52.8. The van der Waals surface area contributed by atoms with Crippen molar-refractivity contribution < 1.29 is 22.6 Å². The van der Waals surface area contributed by atoms with Gasteiger partial charge >= 0.3 is 12.2 Å². The van der Waals surface area contributed by atoms with Gasteiger partial charge in [0.25, 0.3) is 0 Å². The normalized spacial score (nSPS) is 17.7. The molecule has 0 N–H and O–H groups in total. The van der Waals surface area contributed by atoms with Crippen LogP contribution in [0.2, 0.25) is 0 Å². The van der Waals surface area contributed by atoms with E-state index in [4.69, 9.17) is 9.47 Å². The van der Waals surface area contributed by atoms with Crippen molar-refractivity contribution in [2.24, 2.45) is 0 Å². The third-order valence-electron chi connectivity index (χ3n) is 6.20. The average molecular weight is 481 g/mol. The predicted octanol–water partition coefficient (Wildman–Crippen LogP) is 4.14. The fourth-order valence-electron chi connectivity index (χ4n) is 4.49. The lowest BCUT2D eigenvalue weighted by Gasteiger charge is -2.11. The van der Waals surface area contributed by atoms with Gasteiger partial charge in [0, 0.05) is 30.4 Å². The van der Waals surface area contributed by atoms with Crippen molar-refractivity contribution in [1.82, 2.24) is 34.0 Å². The minimum atomic E-state index is -4.51. The Balaban J connectivity index is 1.38. The number of aromatic nitrogens is 7. The molecule has 1 saturated carbocycles. The van der Waals surface area contributed by atoms with E-state index in [1.54, 1.807) is 35.2 Å². The summed E-state index contributed by atoms with van der Waals surface area (Å²) in [7, 11) is 2.98. The molecule has 1 aliphatic carbocycles. The van der Waals surface area contributed by atoms with Gasteiger partial charge in [0.1, 0.15) is 0 Å². The first-order valence-corrected chi connectivity index (χ1v) is 10.7. The number of halogens is 3. The van der Waals surface area contributed by atoms with E-state index in [0.717, 1.165) is 27.6 Å². The van der Waals surface area contributed by atoms with Gasteiger partial charge in [0.2, 0.25) is 11.7 Å². The molecule has 0 spiro atoms. The van der Waals surface area contributed by atoms with Gasteiger partial charge in [-0.05, 0) is 42.0 Å². The maximum absolute atomic E-state index is 13.2. The molecule has 1 unspecified atom stereocenters. The summed E-state index contributed by atoms with van der Waals surface area (Å²) in [5.41, 5.74) is 4.26. The molecule has 5 aromatic heterocycles. The number of nitrogens with zero attached hydrogens (tertiary/aromatic N) is 7. The van der Waals surface area contributed by atoms with Gasteiger partial charge < -0.3 is 9.47 Å². The first-order valence-electron chi connectivity index (χ1n) is 10.7. The maximum Gasteiger partial charge on any atom is 0.450 e. The van der Waals surface area contributed by atoms with Gasteiger partial charge in [-0.15, -0.1) is 0 Å². The topological polar surface area (TPSA) is 91.7 Å². The zero-order valence-electron chi connectivity index (χ0n) is 18.6. The number of fused-ring (bicyclic) bond motifs is 2. The van der Waals surface area contributed by atoms with Crippen molar-refractivity contribution in [3.05, 3.63) is 66.1 Å². The zero-order chi connectivity index (χ0) is 24.3. The van der Waals surface area contributed by atoms with E-state index in [2.05, 4.69) is 25.0 Å². The number of hydrogen-bond acceptors (Lipinski definition) is 7. The molecule has 0 aromatic carbocycles. The highest BCUT2D eigenvalue weighted by atomic mass is 19.4. The number of rotatable bonds is 5. The van der Waals surface area contributed by atoms with Crippen LogP contribution >= 0.6 is 0 Å². The molecule has 5 aromatic rings. The lowest BCUT2D eigenvalue weighted by atomic mass is 10.0. The molecule has 12 heteroatoms. The summed E-state index contributed by atoms with van der Waals surface area (Å²) in [5.74, 6) is -0.345. The summed E-state index contributed by atoms with van der Waals surface area (Å²) in [6.07, 6.45) is 4.02. The quantitative estimate of drug-likeness (QED) is 0.373. The number of methoxy groups -OCH3 is 2. The van der Waals surface area contributed by atoms with Crippen LogP contribution in [-0.4, -0.2) is 48.2 Å². The van der Waals surface area contributed by atoms with E-state index in [9.17, 15) is 13.2 Å². The fourth-order valence-corrected chi connectivity index (χ4v) is 4.49. The van der Waals surface area contributed by atoms with E-state index in [-0.39, 0.29) is 17.8 Å². The molecule has 6 rings (SSSR count). The highest BCUT2D eigenvalue weighted by molar-refractivity contribution is 5.68. The highest BCUT2D eigenvalue weighted by Crippen LogP contribution is 2.56. The van der Waals surface area contributed by atoms with Gasteiger partial charge in [-0.2, -0.15) is 23.3 Å². The van der Waals surface area contributed by atoms with Crippen LogP contribution in [0.5, 0.6) is 11.9 Å². The minimum absolute atomic E-state index is 0.124. The van der Waals surface area contributed by atoms with Crippen molar-refractivity contribution in [3.8, 4) is 23.1 Å². The number of ether oxygens (including phenoxy) is 2. The van der Waals surface area contributed by atoms with Crippen LogP contribution in [0.4, 0.5) is 13.2 Å². The van der Waals surface area contributed by atoms with Gasteiger partial charge in [0.15, 0.2) is 5.65 Å². The number of pyridine rings is 1. The second-order valence-electron chi connectivity index (χ2n) is 8.24. The lowest BCUT2D eigenvalue weighted by Crippen LogP contribution is -2.10. The van der Waals surface area contributed by atoms with E-state index in [1.165, 1.54) is 26.6 Å². The van der Waals surface area contributed by atoms with Crippen molar-refractivity contribution in [2.45, 2.75) is 24.4 Å². The standard InChI is InChI=1S/C23H18F3N7O2/c1-34-20-17(11-29-22(30-20)35-2)18-9-16(19-27-4-6-33(19)31-18)15-8-14(15)12-3-5-32-13(7-12)10-28-21(32)23(24,25)26/h3-7,9-11,14-15H,8H2,1-2H3/t14-,15?/m1/s1. The van der Waals surface area contributed by atoms with E-state index < -0.39 is 12.0 Å². The molecule has 2 atom stereocenters. The first kappa shape index (κ1) is 21.3. The number of hydrogen-bond donors (Lipinski definition) is 0. The van der Waals surface area contributed by atoms with Crippen molar-refractivity contribution >= 4 is 11.2 Å². The fraction of sp³-hybridized carbons (Fsp3) is 0.261. The second kappa shape index (κ2) is 7.65. The van der Waals surface area contributed by atoms with Crippen LogP contribution in [0.1, 0.15) is 35.2 Å². The molecule has 5 heterocycles. The van der Waals surface area contributed by atoms with E-state index >= 15 is 0 Å². The van der Waals surface area contributed by atoms with Crippen LogP contribution in [0.25, 0.3) is 22.4 Å². The van der Waals surface area contributed by atoms with Crippen LogP contribution in [0.3, 0.4) is 0 Å². The summed E-state index contributed by atoms with van der Waals surface area (Å²) in [6, 6.07) is 5.61. The van der Waals surface area contributed by atoms with E-state index in [1.807, 2.05) is 6.07 Å². The van der Waals surface area contributed by atoms with Gasteiger partial charge in [0.05, 0.1) is 37.2 Å². The molecule has 35 heavy (non-hydrogen) atoms. The minimum Gasteiger partial charge on any atom is -0.480 e. The third-order valence-corrected chi connectivity index (χ3v) is 6.20.